The molecule has 1 amide bonds. The first-order valence-corrected chi connectivity index (χ1v) is 6.96. The molecule has 1 unspecified atom stereocenters. The van der Waals surface area contributed by atoms with Crippen LogP contribution in [0.1, 0.15) is 24.3 Å². The van der Waals surface area contributed by atoms with Crippen LogP contribution in [0.2, 0.25) is 0 Å². The van der Waals surface area contributed by atoms with Gasteiger partial charge in [-0.3, -0.25) is 4.79 Å². The zero-order chi connectivity index (χ0) is 13.2. The topological polar surface area (TPSA) is 55.6 Å². The van der Waals surface area contributed by atoms with E-state index in [0.717, 1.165) is 12.8 Å². The Balaban J connectivity index is 0.00000147. The van der Waals surface area contributed by atoms with Crippen LogP contribution in [0.25, 0.3) is 0 Å². The Morgan fingerprint density at radius 3 is 2.65 bits per heavy atom. The van der Waals surface area contributed by atoms with Gasteiger partial charge in [0.05, 0.1) is 0 Å². The van der Waals surface area contributed by atoms with Gasteiger partial charge in [-0.15, -0.1) is 12.4 Å². The van der Waals surface area contributed by atoms with Gasteiger partial charge in [0.2, 0.25) is 0 Å². The van der Waals surface area contributed by atoms with Crippen molar-refractivity contribution >= 4 is 18.3 Å². The maximum absolute atomic E-state index is 12.3. The minimum absolute atomic E-state index is 0. The minimum Gasteiger partial charge on any atom is -0.368 e. The second kappa shape index (κ2) is 6.57. The molecule has 2 aliphatic rings. The lowest BCUT2D eigenvalue weighted by Crippen LogP contribution is -2.38. The monoisotopic (exact) mass is 296 g/mol. The van der Waals surface area contributed by atoms with Crippen LogP contribution >= 0.6 is 12.4 Å². The Morgan fingerprint density at radius 2 is 2.00 bits per heavy atom. The maximum atomic E-state index is 12.3. The SMILES string of the molecule is Cl.N[C@@H]1CN(C(=O)C2CCCO2)C[C@H]1c1ccccc1. The van der Waals surface area contributed by atoms with Gasteiger partial charge in [-0.05, 0) is 18.4 Å². The zero-order valence-electron chi connectivity index (χ0n) is 11.4. The minimum atomic E-state index is -0.235. The first kappa shape index (κ1) is 15.3. The number of rotatable bonds is 2. The maximum Gasteiger partial charge on any atom is 0.251 e. The molecule has 0 bridgehead atoms. The van der Waals surface area contributed by atoms with E-state index in [0.29, 0.717) is 19.7 Å². The zero-order valence-corrected chi connectivity index (χ0v) is 12.2. The van der Waals surface area contributed by atoms with E-state index in [2.05, 4.69) is 12.1 Å². The third-order valence-electron chi connectivity index (χ3n) is 4.11. The van der Waals surface area contributed by atoms with E-state index >= 15 is 0 Å². The molecule has 2 saturated heterocycles. The summed E-state index contributed by atoms with van der Waals surface area (Å²) in [5.74, 6) is 0.359. The van der Waals surface area contributed by atoms with Gasteiger partial charge in [0.1, 0.15) is 6.10 Å². The van der Waals surface area contributed by atoms with Crippen LogP contribution in [0, 0.1) is 0 Å². The lowest BCUT2D eigenvalue weighted by molar-refractivity contribution is -0.139. The molecule has 2 fully saturated rings. The molecular formula is C15H21ClN2O2. The molecule has 2 aliphatic heterocycles. The van der Waals surface area contributed by atoms with Gasteiger partial charge in [0.15, 0.2) is 0 Å². The largest absolute Gasteiger partial charge is 0.368 e. The van der Waals surface area contributed by atoms with Crippen LogP contribution in [0.3, 0.4) is 0 Å². The van der Waals surface area contributed by atoms with E-state index in [9.17, 15) is 4.79 Å². The Labute approximate surface area is 125 Å². The highest BCUT2D eigenvalue weighted by Crippen LogP contribution is 2.28. The fourth-order valence-corrected chi connectivity index (χ4v) is 3.04. The number of carbonyl (C=O) groups is 1. The van der Waals surface area contributed by atoms with Crippen molar-refractivity contribution in [3.05, 3.63) is 35.9 Å². The normalized spacial score (nSPS) is 29.2. The molecule has 0 spiro atoms. The number of likely N-dealkylation sites (tertiary alicyclic amines) is 1. The number of nitrogens with two attached hydrogens (primary N) is 1. The van der Waals surface area contributed by atoms with E-state index in [1.54, 1.807) is 0 Å². The van der Waals surface area contributed by atoms with Gasteiger partial charge in [-0.2, -0.15) is 0 Å². The van der Waals surface area contributed by atoms with Crippen molar-refractivity contribution < 1.29 is 9.53 Å². The molecular weight excluding hydrogens is 276 g/mol. The van der Waals surface area contributed by atoms with Crippen LogP contribution < -0.4 is 5.73 Å². The molecule has 0 aromatic heterocycles. The van der Waals surface area contributed by atoms with Crippen molar-refractivity contribution in [3.8, 4) is 0 Å². The third-order valence-corrected chi connectivity index (χ3v) is 4.11. The van der Waals surface area contributed by atoms with Gasteiger partial charge < -0.3 is 15.4 Å². The smallest absolute Gasteiger partial charge is 0.251 e. The van der Waals surface area contributed by atoms with Gasteiger partial charge >= 0.3 is 0 Å². The molecule has 3 atom stereocenters. The molecule has 5 heteroatoms. The molecule has 2 heterocycles. The third kappa shape index (κ3) is 2.97. The molecule has 0 radical (unpaired) electrons. The van der Waals surface area contributed by atoms with Crippen LogP contribution in [0.4, 0.5) is 0 Å². The molecule has 2 N–H and O–H groups in total. The fraction of sp³-hybridized carbons (Fsp3) is 0.533. The fourth-order valence-electron chi connectivity index (χ4n) is 3.04. The number of ether oxygens (including phenoxy) is 1. The molecule has 110 valence electrons. The number of hydrogen-bond acceptors (Lipinski definition) is 3. The number of hydrogen-bond donors (Lipinski definition) is 1. The highest BCUT2D eigenvalue weighted by Gasteiger charge is 2.37. The molecule has 20 heavy (non-hydrogen) atoms. The van der Waals surface area contributed by atoms with Gasteiger partial charge in [0.25, 0.3) is 5.91 Å². The molecule has 0 aliphatic carbocycles. The van der Waals surface area contributed by atoms with E-state index in [1.807, 2.05) is 23.1 Å². The highest BCUT2D eigenvalue weighted by atomic mass is 35.5. The van der Waals surface area contributed by atoms with E-state index in [4.69, 9.17) is 10.5 Å². The van der Waals surface area contributed by atoms with Crippen LogP contribution in [0.15, 0.2) is 30.3 Å². The van der Waals surface area contributed by atoms with E-state index in [1.165, 1.54) is 5.56 Å². The van der Waals surface area contributed by atoms with Crippen molar-refractivity contribution in [1.82, 2.24) is 4.90 Å². The van der Waals surface area contributed by atoms with E-state index < -0.39 is 0 Å². The number of nitrogens with zero attached hydrogens (tertiary/aromatic N) is 1. The number of benzene rings is 1. The van der Waals surface area contributed by atoms with Crippen LogP contribution in [-0.2, 0) is 9.53 Å². The number of halogens is 1. The Bertz CT molecular complexity index is 448. The average molecular weight is 297 g/mol. The lowest BCUT2D eigenvalue weighted by atomic mass is 9.95. The summed E-state index contributed by atoms with van der Waals surface area (Å²) in [4.78, 5) is 14.2. The van der Waals surface area contributed by atoms with Crippen LogP contribution in [-0.4, -0.2) is 42.6 Å². The molecule has 1 aromatic carbocycles. The standard InChI is InChI=1S/C15H20N2O2.ClH/c16-13-10-17(15(18)14-7-4-8-19-14)9-12(13)11-5-2-1-3-6-11;/h1-3,5-6,12-14H,4,7-10,16H2;1H/t12-,13+,14?;/m0./s1. The van der Waals surface area contributed by atoms with Crippen molar-refractivity contribution in [2.75, 3.05) is 19.7 Å². The van der Waals surface area contributed by atoms with E-state index in [-0.39, 0.29) is 36.4 Å². The van der Waals surface area contributed by atoms with Crippen LogP contribution in [0.5, 0.6) is 0 Å². The Kier molecular flexibility index (Phi) is 5.02. The number of carbonyl (C=O) groups excluding carboxylic acids is 1. The summed E-state index contributed by atoms with van der Waals surface area (Å²) in [6, 6.07) is 10.2. The molecule has 4 nitrogen and oxygen atoms in total. The Morgan fingerprint density at radius 1 is 1.25 bits per heavy atom. The summed E-state index contributed by atoms with van der Waals surface area (Å²) >= 11 is 0. The molecule has 3 rings (SSSR count). The highest BCUT2D eigenvalue weighted by molar-refractivity contribution is 5.85. The van der Waals surface area contributed by atoms with Crippen molar-refractivity contribution in [1.29, 1.82) is 0 Å². The van der Waals surface area contributed by atoms with Crippen molar-refractivity contribution in [2.24, 2.45) is 5.73 Å². The van der Waals surface area contributed by atoms with Crippen molar-refractivity contribution in [3.63, 3.8) is 0 Å². The lowest BCUT2D eigenvalue weighted by Gasteiger charge is -2.20. The van der Waals surface area contributed by atoms with Crippen molar-refractivity contribution in [2.45, 2.75) is 30.9 Å². The second-order valence-corrected chi connectivity index (χ2v) is 5.43. The van der Waals surface area contributed by atoms with Gasteiger partial charge in [-0.1, -0.05) is 30.3 Å². The summed E-state index contributed by atoms with van der Waals surface area (Å²) in [7, 11) is 0. The second-order valence-electron chi connectivity index (χ2n) is 5.43. The summed E-state index contributed by atoms with van der Waals surface area (Å²) < 4.78 is 5.47. The quantitative estimate of drug-likeness (QED) is 0.901. The summed E-state index contributed by atoms with van der Waals surface area (Å²) in [6.45, 7) is 2.06. The van der Waals surface area contributed by atoms with Gasteiger partial charge in [-0.25, -0.2) is 0 Å². The average Bonchev–Trinajstić information content (AvgIpc) is 3.08. The summed E-state index contributed by atoms with van der Waals surface area (Å²) in [6.07, 6.45) is 1.60. The first-order chi connectivity index (χ1) is 9.25. The predicted molar refractivity (Wildman–Crippen MR) is 80.0 cm³/mol. The summed E-state index contributed by atoms with van der Waals surface area (Å²) in [5.41, 5.74) is 7.42. The number of amides is 1. The predicted octanol–water partition coefficient (Wildman–Crippen LogP) is 1.54. The first-order valence-electron chi connectivity index (χ1n) is 6.96. The summed E-state index contributed by atoms with van der Waals surface area (Å²) in [5, 5.41) is 0. The Hall–Kier alpha value is -1.10. The molecule has 0 saturated carbocycles. The molecule has 1 aromatic rings. The van der Waals surface area contributed by atoms with Gasteiger partial charge in [0, 0.05) is 31.7 Å².